The number of hydrogen-bond acceptors (Lipinski definition) is 3. The van der Waals surface area contributed by atoms with Gasteiger partial charge in [0, 0.05) is 11.4 Å². The second-order valence-electron chi connectivity index (χ2n) is 5.91. The molecule has 0 saturated heterocycles. The van der Waals surface area contributed by atoms with E-state index in [1.165, 1.54) is 24.1 Å². The van der Waals surface area contributed by atoms with Crippen LogP contribution in [0.15, 0.2) is 17.5 Å². The van der Waals surface area contributed by atoms with Gasteiger partial charge in [-0.15, -0.1) is 11.3 Å². The van der Waals surface area contributed by atoms with Gasteiger partial charge in [-0.2, -0.15) is 0 Å². The summed E-state index contributed by atoms with van der Waals surface area (Å²) in [5.74, 6) is 0.0379. The average Bonchev–Trinajstić information content (AvgIpc) is 2.85. The molecule has 1 heterocycles. The number of carbonyl (C=O) groups is 1. The highest BCUT2D eigenvalue weighted by Gasteiger charge is 2.39. The maximum absolute atomic E-state index is 11.8. The van der Waals surface area contributed by atoms with Crippen LogP contribution in [0.4, 0.5) is 0 Å². The van der Waals surface area contributed by atoms with Gasteiger partial charge in [0.05, 0.1) is 0 Å². The van der Waals surface area contributed by atoms with Crippen LogP contribution in [-0.2, 0) is 11.3 Å². The molecule has 1 aromatic heterocycles. The Labute approximate surface area is 125 Å². The molecule has 1 fully saturated rings. The maximum atomic E-state index is 11.8. The third kappa shape index (κ3) is 3.83. The molecule has 20 heavy (non-hydrogen) atoms. The van der Waals surface area contributed by atoms with E-state index in [4.69, 9.17) is 0 Å². The molecular weight excluding hydrogens is 270 g/mol. The minimum absolute atomic E-state index is 0.669. The summed E-state index contributed by atoms with van der Waals surface area (Å²) in [5, 5.41) is 15.1. The Morgan fingerprint density at radius 1 is 1.50 bits per heavy atom. The van der Waals surface area contributed by atoms with Crippen LogP contribution in [0.5, 0.6) is 0 Å². The van der Waals surface area contributed by atoms with Crippen LogP contribution in [0.1, 0.15) is 56.7 Å². The van der Waals surface area contributed by atoms with Crippen LogP contribution < -0.4 is 5.32 Å². The molecule has 0 spiro atoms. The van der Waals surface area contributed by atoms with Gasteiger partial charge in [-0.3, -0.25) is 10.1 Å². The first kappa shape index (κ1) is 15.5. The van der Waals surface area contributed by atoms with Crippen molar-refractivity contribution in [3.05, 3.63) is 22.4 Å². The zero-order chi connectivity index (χ0) is 14.4. The lowest BCUT2D eigenvalue weighted by atomic mass is 9.89. The van der Waals surface area contributed by atoms with Crippen LogP contribution in [0.2, 0.25) is 0 Å². The summed E-state index contributed by atoms with van der Waals surface area (Å²) >= 11 is 1.68. The normalized spacial score (nSPS) is 27.1. The van der Waals surface area contributed by atoms with E-state index in [1.54, 1.807) is 11.3 Å². The fraction of sp³-hybridized carbons (Fsp3) is 0.688. The minimum Gasteiger partial charge on any atom is -0.480 e. The third-order valence-electron chi connectivity index (χ3n) is 4.48. The molecule has 4 heteroatoms. The fourth-order valence-electron chi connectivity index (χ4n) is 3.25. The molecule has 3 nitrogen and oxygen atoms in total. The van der Waals surface area contributed by atoms with Crippen LogP contribution in [0, 0.1) is 5.92 Å². The Morgan fingerprint density at radius 3 is 3.00 bits per heavy atom. The van der Waals surface area contributed by atoms with Crippen molar-refractivity contribution < 1.29 is 9.90 Å². The lowest BCUT2D eigenvalue weighted by molar-refractivity contribution is -0.145. The van der Waals surface area contributed by atoms with Crippen LogP contribution in [-0.4, -0.2) is 16.6 Å². The average molecular weight is 295 g/mol. The number of nitrogens with one attached hydrogen (secondary N) is 1. The highest BCUT2D eigenvalue weighted by atomic mass is 32.1. The molecule has 0 bridgehead atoms. The molecule has 112 valence electrons. The van der Waals surface area contributed by atoms with Gasteiger partial charge in [0.25, 0.3) is 0 Å². The molecule has 1 aromatic rings. The fourth-order valence-corrected chi connectivity index (χ4v) is 3.89. The van der Waals surface area contributed by atoms with Gasteiger partial charge in [0.15, 0.2) is 0 Å². The number of aliphatic carboxylic acids is 1. The van der Waals surface area contributed by atoms with Gasteiger partial charge in [0.2, 0.25) is 0 Å². The van der Waals surface area contributed by atoms with Crippen molar-refractivity contribution in [1.29, 1.82) is 0 Å². The van der Waals surface area contributed by atoms with Crippen molar-refractivity contribution in [2.45, 2.75) is 64.0 Å². The number of thiophene rings is 1. The largest absolute Gasteiger partial charge is 0.480 e. The monoisotopic (exact) mass is 295 g/mol. The predicted molar refractivity (Wildman–Crippen MR) is 83.0 cm³/mol. The van der Waals surface area contributed by atoms with E-state index in [9.17, 15) is 9.90 Å². The molecule has 1 aliphatic rings. The van der Waals surface area contributed by atoms with Crippen molar-refractivity contribution >= 4 is 17.3 Å². The Kier molecular flexibility index (Phi) is 5.61. The zero-order valence-corrected chi connectivity index (χ0v) is 13.0. The first-order valence-corrected chi connectivity index (χ1v) is 8.55. The summed E-state index contributed by atoms with van der Waals surface area (Å²) in [5.41, 5.74) is -0.716. The summed E-state index contributed by atoms with van der Waals surface area (Å²) in [6.45, 7) is 2.88. The van der Waals surface area contributed by atoms with Gasteiger partial charge < -0.3 is 5.11 Å². The number of hydrogen-bond donors (Lipinski definition) is 2. The third-order valence-corrected chi connectivity index (χ3v) is 5.36. The summed E-state index contributed by atoms with van der Waals surface area (Å²) in [7, 11) is 0. The molecule has 0 radical (unpaired) electrons. The Morgan fingerprint density at radius 2 is 2.35 bits per heavy atom. The summed E-state index contributed by atoms with van der Waals surface area (Å²) in [6, 6.07) is 4.07. The minimum atomic E-state index is -0.716. The molecular formula is C16H25NO2S. The Hall–Kier alpha value is -0.870. The SMILES string of the molecule is CCCC1CCCC(NCc2cccs2)(C(=O)O)CC1. The van der Waals surface area contributed by atoms with Gasteiger partial charge >= 0.3 is 5.97 Å². The molecule has 2 atom stereocenters. The van der Waals surface area contributed by atoms with Gasteiger partial charge in [-0.25, -0.2) is 0 Å². The maximum Gasteiger partial charge on any atom is 0.323 e. The van der Waals surface area contributed by atoms with E-state index >= 15 is 0 Å². The highest BCUT2D eigenvalue weighted by Crippen LogP contribution is 2.33. The Bertz CT molecular complexity index is 418. The molecule has 2 rings (SSSR count). The standard InChI is InChI=1S/C16H25NO2S/c1-2-5-13-6-3-9-16(10-8-13,15(18)19)17-12-14-7-4-11-20-14/h4,7,11,13,17H,2-3,5-6,8-10,12H2,1H3,(H,18,19). The molecule has 1 saturated carbocycles. The quantitative estimate of drug-likeness (QED) is 0.779. The molecule has 2 N–H and O–H groups in total. The molecule has 0 aliphatic heterocycles. The van der Waals surface area contributed by atoms with Crippen molar-refractivity contribution in [3.8, 4) is 0 Å². The summed E-state index contributed by atoms with van der Waals surface area (Å²) in [6.07, 6.45) is 7.20. The van der Waals surface area contributed by atoms with E-state index in [1.807, 2.05) is 11.4 Å². The number of rotatable bonds is 6. The smallest absolute Gasteiger partial charge is 0.323 e. The second kappa shape index (κ2) is 7.23. The second-order valence-corrected chi connectivity index (χ2v) is 6.94. The summed E-state index contributed by atoms with van der Waals surface area (Å²) in [4.78, 5) is 13.0. The predicted octanol–water partition coefficient (Wildman–Crippen LogP) is 4.04. The Balaban J connectivity index is 1.99. The lowest BCUT2D eigenvalue weighted by Gasteiger charge is -2.29. The first-order valence-electron chi connectivity index (χ1n) is 7.67. The number of carboxylic acid groups (broad SMARTS) is 1. The summed E-state index contributed by atoms with van der Waals surface area (Å²) < 4.78 is 0. The highest BCUT2D eigenvalue weighted by molar-refractivity contribution is 7.09. The molecule has 0 amide bonds. The van der Waals surface area contributed by atoms with E-state index < -0.39 is 11.5 Å². The van der Waals surface area contributed by atoms with Crippen LogP contribution in [0.3, 0.4) is 0 Å². The van der Waals surface area contributed by atoms with Gasteiger partial charge in [-0.1, -0.05) is 38.7 Å². The first-order chi connectivity index (χ1) is 9.66. The molecule has 1 aliphatic carbocycles. The lowest BCUT2D eigenvalue weighted by Crippen LogP contribution is -2.51. The van der Waals surface area contributed by atoms with E-state index in [0.717, 1.165) is 25.7 Å². The van der Waals surface area contributed by atoms with Crippen molar-refractivity contribution in [3.63, 3.8) is 0 Å². The van der Waals surface area contributed by atoms with Crippen molar-refractivity contribution in [2.24, 2.45) is 5.92 Å². The van der Waals surface area contributed by atoms with E-state index in [-0.39, 0.29) is 0 Å². The van der Waals surface area contributed by atoms with Crippen LogP contribution in [0.25, 0.3) is 0 Å². The van der Waals surface area contributed by atoms with Crippen molar-refractivity contribution in [2.75, 3.05) is 0 Å². The van der Waals surface area contributed by atoms with Crippen molar-refractivity contribution in [1.82, 2.24) is 5.32 Å². The topological polar surface area (TPSA) is 49.3 Å². The van der Waals surface area contributed by atoms with Crippen LogP contribution >= 0.6 is 11.3 Å². The molecule has 0 aromatic carbocycles. The van der Waals surface area contributed by atoms with E-state index in [0.29, 0.717) is 12.5 Å². The van der Waals surface area contributed by atoms with Gasteiger partial charge in [-0.05, 0) is 36.6 Å². The molecule has 2 unspecified atom stereocenters. The zero-order valence-electron chi connectivity index (χ0n) is 12.2. The van der Waals surface area contributed by atoms with E-state index in [2.05, 4.69) is 18.3 Å². The number of carboxylic acids is 1. The van der Waals surface area contributed by atoms with Gasteiger partial charge in [0.1, 0.15) is 5.54 Å².